The molecular weight excluding hydrogens is 358 g/mol. The van der Waals surface area contributed by atoms with Crippen molar-refractivity contribution in [1.29, 1.82) is 0 Å². The van der Waals surface area contributed by atoms with E-state index in [4.69, 9.17) is 9.84 Å². The van der Waals surface area contributed by atoms with Crippen molar-refractivity contribution in [2.24, 2.45) is 0 Å². The summed E-state index contributed by atoms with van der Waals surface area (Å²) < 4.78 is 4.95. The lowest BCUT2D eigenvalue weighted by molar-refractivity contribution is -0.141. The second-order valence-corrected chi connectivity index (χ2v) is 6.73. The van der Waals surface area contributed by atoms with E-state index < -0.39 is 5.97 Å². The minimum absolute atomic E-state index is 0.0143. The monoisotopic (exact) mass is 385 g/mol. The van der Waals surface area contributed by atoms with Crippen molar-refractivity contribution in [3.05, 3.63) is 60.2 Å². The normalized spacial score (nSPS) is 17.9. The number of ether oxygens (including phenoxy) is 1. The average Bonchev–Trinajstić information content (AvgIpc) is 2.85. The number of ketones is 1. The molecule has 28 heavy (non-hydrogen) atoms. The first-order chi connectivity index (χ1) is 13.6. The number of aliphatic carboxylic acids is 1. The Kier molecular flexibility index (Phi) is 9.15. The first-order valence-corrected chi connectivity index (χ1v) is 9.55. The van der Waals surface area contributed by atoms with E-state index in [0.29, 0.717) is 19.4 Å². The van der Waals surface area contributed by atoms with Crippen LogP contribution in [-0.2, 0) is 25.5 Å². The van der Waals surface area contributed by atoms with E-state index in [9.17, 15) is 14.4 Å². The third kappa shape index (κ3) is 7.88. The molecule has 6 heteroatoms. The van der Waals surface area contributed by atoms with Crippen LogP contribution in [0, 0.1) is 0 Å². The molecule has 1 heterocycles. The van der Waals surface area contributed by atoms with Gasteiger partial charge in [-0.1, -0.05) is 55.0 Å². The van der Waals surface area contributed by atoms with Crippen LogP contribution in [0.2, 0.25) is 0 Å². The summed E-state index contributed by atoms with van der Waals surface area (Å²) in [6.07, 6.45) is 10.4. The summed E-state index contributed by atoms with van der Waals surface area (Å²) >= 11 is 0. The van der Waals surface area contributed by atoms with E-state index >= 15 is 0 Å². The molecule has 6 nitrogen and oxygen atoms in total. The predicted octanol–water partition coefficient (Wildman–Crippen LogP) is 2.78. The molecule has 1 atom stereocenters. The van der Waals surface area contributed by atoms with Crippen molar-refractivity contribution in [2.45, 2.75) is 38.1 Å². The molecule has 1 N–H and O–H groups in total. The van der Waals surface area contributed by atoms with Gasteiger partial charge in [0.1, 0.15) is 6.61 Å². The van der Waals surface area contributed by atoms with E-state index in [-0.39, 0.29) is 30.9 Å². The van der Waals surface area contributed by atoms with Gasteiger partial charge in [0.15, 0.2) is 5.78 Å². The standard InChI is InChI=1S/C22H27NO5/c24-20(16-18-8-2-1-3-9-18)13-12-19-10-4-5-11-21(25)23(19)14-6-7-15-28-17-22(26)27/h1-3,6-9,12-13,19H,4-5,10-11,14-17H2,(H,26,27)/b7-6-,13-12+/t19-/m1/s1. The Labute approximate surface area is 165 Å². The van der Waals surface area contributed by atoms with Gasteiger partial charge in [0.2, 0.25) is 5.91 Å². The first kappa shape index (κ1) is 21.6. The van der Waals surface area contributed by atoms with Crippen molar-refractivity contribution >= 4 is 17.7 Å². The van der Waals surface area contributed by atoms with Crippen LogP contribution in [0.5, 0.6) is 0 Å². The van der Waals surface area contributed by atoms with Gasteiger partial charge in [-0.2, -0.15) is 0 Å². The Morgan fingerprint density at radius 1 is 1.18 bits per heavy atom. The minimum Gasteiger partial charge on any atom is -0.480 e. The number of benzene rings is 1. The minimum atomic E-state index is -1.01. The summed E-state index contributed by atoms with van der Waals surface area (Å²) in [4.78, 5) is 36.9. The summed E-state index contributed by atoms with van der Waals surface area (Å²) in [6, 6.07) is 9.46. The molecule has 1 amide bonds. The van der Waals surface area contributed by atoms with Crippen molar-refractivity contribution < 1.29 is 24.2 Å². The largest absolute Gasteiger partial charge is 0.480 e. The smallest absolute Gasteiger partial charge is 0.329 e. The van der Waals surface area contributed by atoms with E-state index in [2.05, 4.69) is 0 Å². The lowest BCUT2D eigenvalue weighted by atomic mass is 10.1. The highest BCUT2D eigenvalue weighted by Crippen LogP contribution is 2.19. The van der Waals surface area contributed by atoms with Crippen LogP contribution < -0.4 is 0 Å². The topological polar surface area (TPSA) is 83.9 Å². The molecule has 0 radical (unpaired) electrons. The fourth-order valence-electron chi connectivity index (χ4n) is 3.10. The lowest BCUT2D eigenvalue weighted by Crippen LogP contribution is -2.38. The molecule has 0 saturated carbocycles. The molecule has 1 aromatic rings. The molecule has 150 valence electrons. The third-order valence-electron chi connectivity index (χ3n) is 4.50. The van der Waals surface area contributed by atoms with E-state index in [1.807, 2.05) is 36.4 Å². The number of carbonyl (C=O) groups is 3. The van der Waals surface area contributed by atoms with Gasteiger partial charge in [0, 0.05) is 19.4 Å². The summed E-state index contributed by atoms with van der Waals surface area (Å²) in [5.41, 5.74) is 0.968. The van der Waals surface area contributed by atoms with Gasteiger partial charge in [-0.05, 0) is 24.5 Å². The molecule has 1 fully saturated rings. The van der Waals surface area contributed by atoms with Crippen LogP contribution in [0.3, 0.4) is 0 Å². The number of likely N-dealkylation sites (tertiary alicyclic amines) is 1. The zero-order valence-electron chi connectivity index (χ0n) is 16.0. The molecule has 1 aromatic carbocycles. The number of amides is 1. The summed E-state index contributed by atoms with van der Waals surface area (Å²) in [5.74, 6) is -0.930. The van der Waals surface area contributed by atoms with E-state index in [1.165, 1.54) is 0 Å². The van der Waals surface area contributed by atoms with Crippen LogP contribution in [0.1, 0.15) is 31.2 Å². The third-order valence-corrected chi connectivity index (χ3v) is 4.50. The van der Waals surface area contributed by atoms with Crippen molar-refractivity contribution in [2.75, 3.05) is 19.8 Å². The Balaban J connectivity index is 1.92. The fraction of sp³-hybridized carbons (Fsp3) is 0.409. The molecule has 0 aliphatic carbocycles. The van der Waals surface area contributed by atoms with E-state index in [1.54, 1.807) is 23.1 Å². The zero-order valence-corrected chi connectivity index (χ0v) is 16.0. The average molecular weight is 385 g/mol. The maximum Gasteiger partial charge on any atom is 0.329 e. The van der Waals surface area contributed by atoms with Crippen LogP contribution in [0.25, 0.3) is 0 Å². The molecule has 0 unspecified atom stereocenters. The summed E-state index contributed by atoms with van der Waals surface area (Å²) in [6.45, 7) is 0.253. The van der Waals surface area contributed by atoms with Crippen molar-refractivity contribution in [3.63, 3.8) is 0 Å². The number of allylic oxidation sites excluding steroid dienone is 1. The predicted molar refractivity (Wildman–Crippen MR) is 106 cm³/mol. The second kappa shape index (κ2) is 11.9. The Morgan fingerprint density at radius 2 is 1.96 bits per heavy atom. The van der Waals surface area contributed by atoms with Crippen LogP contribution in [0.4, 0.5) is 0 Å². The first-order valence-electron chi connectivity index (χ1n) is 9.55. The van der Waals surface area contributed by atoms with Crippen LogP contribution in [0.15, 0.2) is 54.6 Å². The van der Waals surface area contributed by atoms with Crippen molar-refractivity contribution in [1.82, 2.24) is 4.90 Å². The number of hydrogen-bond acceptors (Lipinski definition) is 4. The number of carboxylic acid groups (broad SMARTS) is 1. The van der Waals surface area contributed by atoms with E-state index in [0.717, 1.165) is 24.8 Å². The van der Waals surface area contributed by atoms with Crippen LogP contribution in [-0.4, -0.2) is 53.5 Å². The highest BCUT2D eigenvalue weighted by atomic mass is 16.5. The SMILES string of the molecule is O=C(O)COC/C=C\CN1C(=O)CCCC[C@@H]1/C=C/C(=O)Cc1ccccc1. The van der Waals surface area contributed by atoms with Gasteiger partial charge in [0.05, 0.1) is 12.6 Å². The van der Waals surface area contributed by atoms with Gasteiger partial charge in [-0.15, -0.1) is 0 Å². The molecule has 2 rings (SSSR count). The summed E-state index contributed by atoms with van der Waals surface area (Å²) in [5, 5.41) is 8.53. The number of carboxylic acids is 1. The highest BCUT2D eigenvalue weighted by molar-refractivity contribution is 5.91. The Hall–Kier alpha value is -2.73. The molecule has 0 bridgehead atoms. The van der Waals surface area contributed by atoms with Crippen molar-refractivity contribution in [3.8, 4) is 0 Å². The maximum atomic E-state index is 12.4. The van der Waals surface area contributed by atoms with Gasteiger partial charge in [-0.25, -0.2) is 4.79 Å². The zero-order chi connectivity index (χ0) is 20.2. The number of carbonyl (C=O) groups excluding carboxylic acids is 2. The Bertz CT molecular complexity index is 711. The molecule has 0 spiro atoms. The second-order valence-electron chi connectivity index (χ2n) is 6.73. The molecule has 0 aromatic heterocycles. The molecule has 1 saturated heterocycles. The number of rotatable bonds is 10. The van der Waals surface area contributed by atoms with Gasteiger partial charge < -0.3 is 14.7 Å². The fourth-order valence-corrected chi connectivity index (χ4v) is 3.10. The number of hydrogen-bond donors (Lipinski definition) is 1. The summed E-state index contributed by atoms with van der Waals surface area (Å²) in [7, 11) is 0. The van der Waals surface area contributed by atoms with Gasteiger partial charge >= 0.3 is 5.97 Å². The lowest BCUT2D eigenvalue weighted by Gasteiger charge is -2.26. The van der Waals surface area contributed by atoms with Gasteiger partial charge in [0.25, 0.3) is 0 Å². The number of nitrogens with zero attached hydrogens (tertiary/aromatic N) is 1. The van der Waals surface area contributed by atoms with Crippen LogP contribution >= 0.6 is 0 Å². The molecular formula is C22H27NO5. The highest BCUT2D eigenvalue weighted by Gasteiger charge is 2.23. The molecule has 1 aliphatic rings. The Morgan fingerprint density at radius 3 is 2.71 bits per heavy atom. The maximum absolute atomic E-state index is 12.4. The molecule has 1 aliphatic heterocycles. The quantitative estimate of drug-likeness (QED) is 0.380. The van der Waals surface area contributed by atoms with Gasteiger partial charge in [-0.3, -0.25) is 9.59 Å².